The third-order valence-corrected chi connectivity index (χ3v) is 8.65. The number of methoxy groups -OCH3 is 1. The Balaban J connectivity index is 1.67. The molecule has 0 radical (unpaired) electrons. The Hall–Kier alpha value is -3.86. The molecule has 0 saturated heterocycles. The van der Waals surface area contributed by atoms with E-state index in [1.54, 1.807) is 55.2 Å². The van der Waals surface area contributed by atoms with Crippen LogP contribution in [0.5, 0.6) is 5.75 Å². The number of benzene rings is 1. The van der Waals surface area contributed by atoms with Crippen LogP contribution < -0.4 is 25.6 Å². The third kappa shape index (κ3) is 8.90. The molecule has 4 aromatic rings. The largest absolute Gasteiger partial charge is 0.630 e. The number of nitrogens with zero attached hydrogens (tertiary/aromatic N) is 5. The molecule has 0 aliphatic carbocycles. The highest BCUT2D eigenvalue weighted by Gasteiger charge is 2.36. The molecule has 0 aliphatic rings. The fourth-order valence-corrected chi connectivity index (χ4v) is 5.32. The van der Waals surface area contributed by atoms with E-state index in [4.69, 9.17) is 7.80 Å². The van der Waals surface area contributed by atoms with E-state index < -0.39 is 31.2 Å². The van der Waals surface area contributed by atoms with E-state index in [0.717, 1.165) is 17.3 Å². The molecule has 3 heterocycles. The van der Waals surface area contributed by atoms with Crippen LogP contribution in [0.15, 0.2) is 48.9 Å². The summed E-state index contributed by atoms with van der Waals surface area (Å²) in [6.45, 7) is 4.74. The summed E-state index contributed by atoms with van der Waals surface area (Å²) in [4.78, 5) is 37.5. The maximum Gasteiger partial charge on any atom is 0.421 e. The molecule has 1 atom stereocenters. The van der Waals surface area contributed by atoms with E-state index in [1.165, 1.54) is 20.2 Å². The van der Waals surface area contributed by atoms with Crippen LogP contribution >= 0.6 is 30.8 Å². The summed E-state index contributed by atoms with van der Waals surface area (Å²) >= 11 is 1.82. The Morgan fingerprint density at radius 1 is 1.11 bits per heavy atom. The van der Waals surface area contributed by atoms with Gasteiger partial charge in [-0.1, -0.05) is 6.07 Å². The summed E-state index contributed by atoms with van der Waals surface area (Å²) in [6.07, 6.45) is 0.215. The molecule has 244 valence electrons. The highest BCUT2D eigenvalue weighted by Crippen LogP contribution is 2.37. The lowest BCUT2D eigenvalue weighted by atomic mass is 10.1. The second-order valence-electron chi connectivity index (χ2n) is 10.1. The molecule has 0 aliphatic heterocycles. The zero-order chi connectivity index (χ0) is 33.4. The van der Waals surface area contributed by atoms with Crippen molar-refractivity contribution < 1.29 is 30.7 Å². The lowest BCUT2D eigenvalue weighted by Gasteiger charge is -2.17. The lowest BCUT2D eigenvalue weighted by molar-refractivity contribution is -0.153. The van der Waals surface area contributed by atoms with Gasteiger partial charge in [0.25, 0.3) is 5.91 Å². The maximum atomic E-state index is 14.1. The average Bonchev–Trinajstić information content (AvgIpc) is 3.50. The zero-order valence-corrected chi connectivity index (χ0v) is 28.3. The van der Waals surface area contributed by atoms with Gasteiger partial charge in [-0.3, -0.25) is 9.48 Å². The predicted octanol–water partition coefficient (Wildman–Crippen LogP) is 5.84. The first kappa shape index (κ1) is 35.0. The molecular formula is C29H31F3IN8O4P. The fraction of sp³-hybridized carbons (Fsp3) is 0.310. The molecule has 3 N–H and O–H groups in total. The first-order valence-corrected chi connectivity index (χ1v) is 16.2. The van der Waals surface area contributed by atoms with Gasteiger partial charge in [0.15, 0.2) is 5.69 Å². The number of nitrogens with one attached hydrogen (secondary N) is 3. The SMILES string of the molecule is CNC(=O)c1nc(-c2cnn(CCCOI)c2)ccc1Nc1nc(Nc2ccc(C[P+]([O-])=C(C)C)cc2OC)ncc1C(F)(F)F. The van der Waals surface area contributed by atoms with Crippen molar-refractivity contribution in [2.75, 3.05) is 31.4 Å². The van der Waals surface area contributed by atoms with E-state index in [2.05, 4.69) is 36.0 Å². The second-order valence-corrected chi connectivity index (χ2v) is 12.6. The van der Waals surface area contributed by atoms with Gasteiger partial charge in [-0.05, 0) is 50.1 Å². The second kappa shape index (κ2) is 15.6. The Labute approximate surface area is 278 Å². The molecule has 46 heavy (non-hydrogen) atoms. The number of rotatable bonds is 13. The van der Waals surface area contributed by atoms with Crippen LogP contribution in [-0.2, 0) is 21.9 Å². The van der Waals surface area contributed by atoms with Gasteiger partial charge in [-0.15, -0.1) is 0 Å². The predicted molar refractivity (Wildman–Crippen MR) is 177 cm³/mol. The minimum absolute atomic E-state index is 0.0103. The van der Waals surface area contributed by atoms with Gasteiger partial charge >= 0.3 is 6.18 Å². The van der Waals surface area contributed by atoms with Crippen LogP contribution in [0.3, 0.4) is 0 Å². The first-order chi connectivity index (χ1) is 21.9. The standard InChI is InChI=1S/C29H31F3IN8O4P/c1-17(2)46(43)16-18-6-7-22(24(12-18)44-4)39-28-35-14-20(29(30,31)32)26(40-28)38-23-9-8-21(37-25(23)27(42)34-3)19-13-36-41(15-19)10-5-11-45-33/h6-9,12-15H,5,10-11,16H2,1-4H3,(H,34,42)(H2,35,38,39,40). The van der Waals surface area contributed by atoms with E-state index >= 15 is 0 Å². The Morgan fingerprint density at radius 3 is 2.54 bits per heavy atom. The quantitative estimate of drug-likeness (QED) is 0.0861. The molecule has 0 bridgehead atoms. The number of hydrogen-bond donors (Lipinski definition) is 3. The number of halogens is 4. The van der Waals surface area contributed by atoms with Crippen molar-refractivity contribution in [1.82, 2.24) is 30.0 Å². The number of alkyl halides is 3. The molecule has 3 aromatic heterocycles. The van der Waals surface area contributed by atoms with Crippen LogP contribution in [0.1, 0.15) is 41.9 Å². The number of hydrogen-bond acceptors (Lipinski definition) is 10. The van der Waals surface area contributed by atoms with Gasteiger partial charge < -0.3 is 28.6 Å². The summed E-state index contributed by atoms with van der Waals surface area (Å²) in [7, 11) is 1.27. The fourth-order valence-electron chi connectivity index (χ4n) is 4.17. The molecular weight excluding hydrogens is 739 g/mol. The molecule has 0 fully saturated rings. The van der Waals surface area contributed by atoms with Crippen LogP contribution in [0.25, 0.3) is 11.3 Å². The van der Waals surface area contributed by atoms with E-state index in [1.807, 2.05) is 23.0 Å². The van der Waals surface area contributed by atoms with Crippen molar-refractivity contribution in [3.05, 3.63) is 65.7 Å². The molecule has 17 heteroatoms. The number of aromatic nitrogens is 5. The van der Waals surface area contributed by atoms with Crippen LogP contribution in [0.2, 0.25) is 0 Å². The van der Waals surface area contributed by atoms with Gasteiger partial charge in [0, 0.05) is 31.5 Å². The minimum atomic E-state index is -4.82. The highest BCUT2D eigenvalue weighted by molar-refractivity contribution is 14.1. The van der Waals surface area contributed by atoms with E-state index in [9.17, 15) is 22.9 Å². The average molecular weight is 770 g/mol. The normalized spacial score (nSPS) is 11.6. The van der Waals surface area contributed by atoms with Crippen molar-refractivity contribution in [2.24, 2.45) is 0 Å². The van der Waals surface area contributed by atoms with Gasteiger partial charge in [-0.2, -0.15) is 23.3 Å². The molecule has 1 unspecified atom stereocenters. The van der Waals surface area contributed by atoms with Crippen molar-refractivity contribution >= 4 is 65.1 Å². The van der Waals surface area contributed by atoms with E-state index in [-0.39, 0.29) is 17.3 Å². The van der Waals surface area contributed by atoms with Gasteiger partial charge in [-0.25, -0.2) is 9.97 Å². The number of carbonyl (C=O) groups excluding carboxylic acids is 1. The summed E-state index contributed by atoms with van der Waals surface area (Å²) in [5.74, 6) is -1.04. The lowest BCUT2D eigenvalue weighted by Crippen LogP contribution is -2.21. The van der Waals surface area contributed by atoms with Crippen LogP contribution in [0, 0.1) is 0 Å². The van der Waals surface area contributed by atoms with Crippen molar-refractivity contribution in [1.29, 1.82) is 0 Å². The summed E-state index contributed by atoms with van der Waals surface area (Å²) < 4.78 is 54.4. The molecule has 1 aromatic carbocycles. The Morgan fingerprint density at radius 2 is 1.87 bits per heavy atom. The maximum absolute atomic E-state index is 14.1. The monoisotopic (exact) mass is 770 g/mol. The number of anilines is 4. The summed E-state index contributed by atoms with van der Waals surface area (Å²) in [5.41, 5.74) is 0.838. The molecule has 0 spiro atoms. The molecule has 12 nitrogen and oxygen atoms in total. The highest BCUT2D eigenvalue weighted by atomic mass is 127. The number of carbonyl (C=O) groups is 1. The topological polar surface area (TPSA) is 151 Å². The van der Waals surface area contributed by atoms with Crippen molar-refractivity contribution in [3.63, 3.8) is 0 Å². The van der Waals surface area contributed by atoms with Crippen molar-refractivity contribution in [3.8, 4) is 17.0 Å². The number of ether oxygens (including phenoxy) is 1. The number of aryl methyl sites for hydroxylation is 1. The van der Waals surface area contributed by atoms with Gasteiger partial charge in [0.1, 0.15) is 46.3 Å². The Kier molecular flexibility index (Phi) is 11.9. The molecule has 0 saturated carbocycles. The van der Waals surface area contributed by atoms with E-state index in [0.29, 0.717) is 48.2 Å². The van der Waals surface area contributed by atoms with Crippen LogP contribution in [0.4, 0.5) is 36.3 Å². The molecule has 4 rings (SSSR count). The number of amides is 1. The summed E-state index contributed by atoms with van der Waals surface area (Å²) in [6, 6.07) is 8.08. The zero-order valence-electron chi connectivity index (χ0n) is 25.3. The van der Waals surface area contributed by atoms with Gasteiger partial charge in [0.05, 0.1) is 50.0 Å². The smallest absolute Gasteiger partial charge is 0.421 e. The van der Waals surface area contributed by atoms with Crippen LogP contribution in [-0.4, -0.2) is 56.7 Å². The third-order valence-electron chi connectivity index (χ3n) is 6.56. The minimum Gasteiger partial charge on any atom is -0.630 e. The van der Waals surface area contributed by atoms with Gasteiger partial charge in [0.2, 0.25) is 5.95 Å². The molecule has 1 amide bonds. The van der Waals surface area contributed by atoms with Crippen molar-refractivity contribution in [2.45, 2.75) is 39.2 Å². The Bertz CT molecular complexity index is 1730. The summed E-state index contributed by atoms with van der Waals surface area (Å²) in [5, 5.41) is 13.1. The number of pyridine rings is 1. The first-order valence-electron chi connectivity index (χ1n) is 13.8.